The molecule has 108 valence electrons. The highest BCUT2D eigenvalue weighted by molar-refractivity contribution is 6.45. The number of hydrogen-bond donors (Lipinski definition) is 0. The highest BCUT2D eigenvalue weighted by Crippen LogP contribution is 2.11. The topological polar surface area (TPSA) is 65.0 Å². The number of methoxy groups -OCH3 is 1. The van der Waals surface area contributed by atoms with Gasteiger partial charge in [0.25, 0.3) is 0 Å². The minimum absolute atomic E-state index is 0.191. The third-order valence-electron chi connectivity index (χ3n) is 2.87. The van der Waals surface area contributed by atoms with Crippen molar-refractivity contribution in [2.45, 2.75) is 32.8 Å². The van der Waals surface area contributed by atoms with E-state index in [1.807, 2.05) is 6.07 Å². The first-order chi connectivity index (χ1) is 9.42. The number of ether oxygens (including phenoxy) is 1. The van der Waals surface area contributed by atoms with Gasteiger partial charge in [-0.05, 0) is 20.3 Å². The van der Waals surface area contributed by atoms with Crippen molar-refractivity contribution < 1.29 is 19.2 Å². The van der Waals surface area contributed by atoms with Gasteiger partial charge in [-0.15, -0.1) is 0 Å². The molecule has 0 saturated heterocycles. The Kier molecular flexibility index (Phi) is 5.58. The molecule has 0 aliphatic carbocycles. The molecule has 5 heteroatoms. The molecule has 1 rings (SSSR count). The quantitative estimate of drug-likeness (QED) is 0.347. The number of rotatable bonds is 6. The highest BCUT2D eigenvalue weighted by Gasteiger charge is 2.29. The van der Waals surface area contributed by atoms with E-state index in [9.17, 15) is 9.59 Å². The van der Waals surface area contributed by atoms with Crippen LogP contribution < -0.4 is 0 Å². The fourth-order valence-corrected chi connectivity index (χ4v) is 1.31. The number of Topliss-reactive ketones (excluding diaryl/α,β-unsaturated/α-hetero) is 1. The summed E-state index contributed by atoms with van der Waals surface area (Å²) in [7, 11) is 1.40. The van der Waals surface area contributed by atoms with Gasteiger partial charge in [0.2, 0.25) is 5.78 Å². The second kappa shape index (κ2) is 6.96. The van der Waals surface area contributed by atoms with Crippen molar-refractivity contribution in [1.29, 1.82) is 0 Å². The Hall–Kier alpha value is -2.01. The van der Waals surface area contributed by atoms with Gasteiger partial charge in [0.05, 0.1) is 0 Å². The van der Waals surface area contributed by atoms with Gasteiger partial charge in [0.1, 0.15) is 5.71 Å². The summed E-state index contributed by atoms with van der Waals surface area (Å²) in [5.74, 6) is -0.900. The molecule has 20 heavy (non-hydrogen) atoms. The largest absolute Gasteiger partial charge is 0.367 e. The molecule has 0 spiro atoms. The number of nitrogens with zero attached hydrogens (tertiary/aromatic N) is 1. The molecule has 0 aliphatic rings. The van der Waals surface area contributed by atoms with Crippen LogP contribution in [0.25, 0.3) is 0 Å². The number of oxime groups is 1. The predicted octanol–water partition coefficient (Wildman–Crippen LogP) is 2.60. The summed E-state index contributed by atoms with van der Waals surface area (Å²) in [4.78, 5) is 28.7. The molecule has 0 radical (unpaired) electrons. The van der Waals surface area contributed by atoms with Gasteiger partial charge < -0.3 is 9.57 Å². The molecule has 0 atom stereocenters. The third kappa shape index (κ3) is 3.99. The Balaban J connectivity index is 2.84. The Morgan fingerprint density at radius 3 is 2.30 bits per heavy atom. The lowest BCUT2D eigenvalue weighted by atomic mass is 10.1. The maximum absolute atomic E-state index is 12.2. The van der Waals surface area contributed by atoms with E-state index in [1.54, 1.807) is 45.0 Å². The highest BCUT2D eigenvalue weighted by atomic mass is 16.7. The van der Waals surface area contributed by atoms with E-state index in [2.05, 4.69) is 5.16 Å². The normalized spacial score (nSPS) is 12.1. The maximum Gasteiger partial charge on any atom is 0.365 e. The van der Waals surface area contributed by atoms with Crippen LogP contribution in [0.1, 0.15) is 37.6 Å². The van der Waals surface area contributed by atoms with E-state index < -0.39 is 11.6 Å². The van der Waals surface area contributed by atoms with E-state index in [0.717, 1.165) is 0 Å². The van der Waals surface area contributed by atoms with Crippen LogP contribution in [0.4, 0.5) is 0 Å². The molecule has 0 aliphatic heterocycles. The van der Waals surface area contributed by atoms with Gasteiger partial charge in [0, 0.05) is 12.7 Å². The zero-order valence-electron chi connectivity index (χ0n) is 12.2. The molecule has 0 saturated carbocycles. The Labute approximate surface area is 118 Å². The molecule has 0 bridgehead atoms. The summed E-state index contributed by atoms with van der Waals surface area (Å²) in [6, 6.07) is 8.73. The number of carbonyl (C=O) groups excluding carboxylic acids is 2. The average molecular weight is 277 g/mol. The van der Waals surface area contributed by atoms with Gasteiger partial charge in [-0.3, -0.25) is 4.79 Å². The second-order valence-electron chi connectivity index (χ2n) is 4.68. The molecule has 5 nitrogen and oxygen atoms in total. The lowest BCUT2D eigenvalue weighted by Gasteiger charge is -2.18. The zero-order chi connectivity index (χ0) is 15.2. The van der Waals surface area contributed by atoms with Crippen LogP contribution in [0.15, 0.2) is 35.5 Å². The number of hydrogen-bond acceptors (Lipinski definition) is 5. The predicted molar refractivity (Wildman–Crippen MR) is 75.7 cm³/mol. The Morgan fingerprint density at radius 1 is 1.20 bits per heavy atom. The first-order valence-electron chi connectivity index (χ1n) is 6.35. The van der Waals surface area contributed by atoms with Crippen LogP contribution in [-0.4, -0.2) is 30.2 Å². The van der Waals surface area contributed by atoms with Crippen molar-refractivity contribution >= 4 is 17.5 Å². The SMILES string of the molecule is CCC(=NOC(=O)C(C)(C)OC)C(=O)c1ccccc1. The summed E-state index contributed by atoms with van der Waals surface area (Å²) in [5, 5.41) is 3.67. The fraction of sp³-hybridized carbons (Fsp3) is 0.400. The molecular formula is C15H19NO4. The monoisotopic (exact) mass is 277 g/mol. The summed E-state index contributed by atoms with van der Waals surface area (Å²) in [5.41, 5.74) is -0.399. The molecule has 0 aromatic heterocycles. The Bertz CT molecular complexity index is 506. The van der Waals surface area contributed by atoms with Crippen LogP contribution in [0.3, 0.4) is 0 Å². The number of ketones is 1. The van der Waals surface area contributed by atoms with Gasteiger partial charge in [0.15, 0.2) is 5.60 Å². The minimum Gasteiger partial charge on any atom is -0.367 e. The van der Waals surface area contributed by atoms with Crippen molar-refractivity contribution in [3.63, 3.8) is 0 Å². The van der Waals surface area contributed by atoms with Crippen molar-refractivity contribution in [3.8, 4) is 0 Å². The molecule has 0 amide bonds. The van der Waals surface area contributed by atoms with E-state index >= 15 is 0 Å². The van der Waals surface area contributed by atoms with Gasteiger partial charge in [-0.2, -0.15) is 0 Å². The van der Waals surface area contributed by atoms with Crippen LogP contribution in [0.5, 0.6) is 0 Å². The third-order valence-corrected chi connectivity index (χ3v) is 2.87. The minimum atomic E-state index is -1.10. The van der Waals surface area contributed by atoms with Gasteiger partial charge in [-0.1, -0.05) is 42.4 Å². The lowest BCUT2D eigenvalue weighted by Crippen LogP contribution is -2.35. The molecule has 0 N–H and O–H groups in total. The number of carbonyl (C=O) groups is 2. The van der Waals surface area contributed by atoms with E-state index in [-0.39, 0.29) is 11.5 Å². The van der Waals surface area contributed by atoms with E-state index in [4.69, 9.17) is 9.57 Å². The van der Waals surface area contributed by atoms with Crippen LogP contribution in [0, 0.1) is 0 Å². The molecular weight excluding hydrogens is 258 g/mol. The maximum atomic E-state index is 12.2. The zero-order valence-corrected chi connectivity index (χ0v) is 12.2. The molecule has 0 heterocycles. The van der Waals surface area contributed by atoms with E-state index in [0.29, 0.717) is 12.0 Å². The molecule has 0 fully saturated rings. The van der Waals surface area contributed by atoms with Crippen molar-refractivity contribution in [1.82, 2.24) is 0 Å². The van der Waals surface area contributed by atoms with Gasteiger partial charge >= 0.3 is 5.97 Å². The fourth-order valence-electron chi connectivity index (χ4n) is 1.31. The van der Waals surface area contributed by atoms with Crippen LogP contribution >= 0.6 is 0 Å². The molecule has 0 unspecified atom stereocenters. The van der Waals surface area contributed by atoms with Crippen LogP contribution in [0.2, 0.25) is 0 Å². The van der Waals surface area contributed by atoms with Gasteiger partial charge in [-0.25, -0.2) is 4.79 Å². The average Bonchev–Trinajstić information content (AvgIpc) is 2.48. The van der Waals surface area contributed by atoms with E-state index in [1.165, 1.54) is 7.11 Å². The summed E-state index contributed by atoms with van der Waals surface area (Å²) < 4.78 is 4.98. The first-order valence-corrected chi connectivity index (χ1v) is 6.35. The smallest absolute Gasteiger partial charge is 0.365 e. The summed E-state index contributed by atoms with van der Waals surface area (Å²) in [6.45, 7) is 4.90. The second-order valence-corrected chi connectivity index (χ2v) is 4.68. The molecule has 1 aromatic rings. The summed E-state index contributed by atoms with van der Waals surface area (Å²) >= 11 is 0. The van der Waals surface area contributed by atoms with Crippen LogP contribution in [-0.2, 0) is 14.4 Å². The molecule has 1 aromatic carbocycles. The van der Waals surface area contributed by atoms with Crippen molar-refractivity contribution in [2.75, 3.05) is 7.11 Å². The summed E-state index contributed by atoms with van der Waals surface area (Å²) in [6.07, 6.45) is 0.369. The number of benzene rings is 1. The van der Waals surface area contributed by atoms with Crippen molar-refractivity contribution in [2.24, 2.45) is 5.16 Å². The first kappa shape index (κ1) is 16.0. The standard InChI is InChI=1S/C15H19NO4/c1-5-12(13(17)11-9-7-6-8-10-11)16-20-14(18)15(2,3)19-4/h6-10H,5H2,1-4H3. The lowest BCUT2D eigenvalue weighted by molar-refractivity contribution is -0.165. The Morgan fingerprint density at radius 2 is 1.80 bits per heavy atom. The van der Waals surface area contributed by atoms with Crippen molar-refractivity contribution in [3.05, 3.63) is 35.9 Å².